The number of rotatable bonds is 8. The van der Waals surface area contributed by atoms with Crippen molar-refractivity contribution >= 4 is 17.5 Å². The summed E-state index contributed by atoms with van der Waals surface area (Å²) < 4.78 is 16.6. The molecule has 0 saturated carbocycles. The lowest BCUT2D eigenvalue weighted by Gasteiger charge is -2.11. The van der Waals surface area contributed by atoms with E-state index in [0.717, 1.165) is 30.1 Å². The summed E-state index contributed by atoms with van der Waals surface area (Å²) in [6.07, 6.45) is 1.84. The van der Waals surface area contributed by atoms with Crippen molar-refractivity contribution < 1.29 is 19.0 Å². The first-order valence-electron chi connectivity index (χ1n) is 6.87. The maximum atomic E-state index is 11.7. The number of hydrogen-bond donors (Lipinski definition) is 0. The summed E-state index contributed by atoms with van der Waals surface area (Å²) in [5, 5.41) is 0. The first-order chi connectivity index (χ1) is 9.72. The molecule has 0 spiro atoms. The summed E-state index contributed by atoms with van der Waals surface area (Å²) in [6.45, 7) is 5.65. The summed E-state index contributed by atoms with van der Waals surface area (Å²) in [6, 6.07) is 3.68. The number of hydrogen-bond acceptors (Lipinski definition) is 5. The number of ketones is 1. The number of Topliss-reactive ketones (excluding diaryl/α,β-unsaturated/α-hetero) is 1. The predicted molar refractivity (Wildman–Crippen MR) is 79.0 cm³/mol. The Morgan fingerprint density at radius 1 is 1.35 bits per heavy atom. The van der Waals surface area contributed by atoms with Gasteiger partial charge in [-0.05, 0) is 25.5 Å². The van der Waals surface area contributed by atoms with Gasteiger partial charge in [0.25, 0.3) is 0 Å². The van der Waals surface area contributed by atoms with Gasteiger partial charge in [-0.15, -0.1) is 0 Å². The van der Waals surface area contributed by atoms with Crippen molar-refractivity contribution in [1.29, 1.82) is 0 Å². The molecule has 0 N–H and O–H groups in total. The normalized spacial score (nSPS) is 12.9. The molecule has 1 aliphatic rings. The number of carbonyl (C=O) groups is 1. The molecule has 20 heavy (non-hydrogen) atoms. The molecule has 0 unspecified atom stereocenters. The first-order valence-corrected chi connectivity index (χ1v) is 7.86. The van der Waals surface area contributed by atoms with Gasteiger partial charge in [0.2, 0.25) is 0 Å². The van der Waals surface area contributed by atoms with Crippen molar-refractivity contribution in [2.45, 2.75) is 31.6 Å². The molecule has 0 fully saturated rings. The largest absolute Gasteiger partial charge is 0.493 e. The summed E-state index contributed by atoms with van der Waals surface area (Å²) in [7, 11) is 0. The topological polar surface area (TPSA) is 44.8 Å². The van der Waals surface area contributed by atoms with Crippen LogP contribution >= 0.6 is 11.8 Å². The van der Waals surface area contributed by atoms with Crippen LogP contribution in [0, 0.1) is 0 Å². The molecular weight excluding hydrogens is 276 g/mol. The average molecular weight is 296 g/mol. The lowest BCUT2D eigenvalue weighted by atomic mass is 10.1. The van der Waals surface area contributed by atoms with Crippen LogP contribution in [0.2, 0.25) is 0 Å². The molecule has 4 nitrogen and oxygen atoms in total. The predicted octanol–water partition coefficient (Wildman–Crippen LogP) is 3.53. The van der Waals surface area contributed by atoms with Crippen molar-refractivity contribution in [1.82, 2.24) is 0 Å². The van der Waals surface area contributed by atoms with E-state index in [9.17, 15) is 4.79 Å². The Morgan fingerprint density at radius 2 is 2.20 bits per heavy atom. The van der Waals surface area contributed by atoms with Gasteiger partial charge in [0.1, 0.15) is 17.4 Å². The van der Waals surface area contributed by atoms with Crippen LogP contribution in [0.1, 0.15) is 37.0 Å². The first kappa shape index (κ1) is 15.2. The summed E-state index contributed by atoms with van der Waals surface area (Å²) in [4.78, 5) is 12.7. The fraction of sp³-hybridized carbons (Fsp3) is 0.533. The second kappa shape index (κ2) is 7.55. The van der Waals surface area contributed by atoms with Gasteiger partial charge < -0.3 is 14.2 Å². The van der Waals surface area contributed by atoms with E-state index in [1.54, 1.807) is 24.8 Å². The van der Waals surface area contributed by atoms with Crippen LogP contribution in [-0.4, -0.2) is 31.5 Å². The molecule has 0 radical (unpaired) electrons. The number of benzene rings is 1. The molecule has 110 valence electrons. The van der Waals surface area contributed by atoms with Crippen LogP contribution < -0.4 is 9.47 Å². The number of thioether (sulfide) groups is 1. The zero-order valence-electron chi connectivity index (χ0n) is 11.9. The zero-order chi connectivity index (χ0) is 14.4. The van der Waals surface area contributed by atoms with E-state index in [4.69, 9.17) is 14.2 Å². The van der Waals surface area contributed by atoms with E-state index in [1.807, 2.05) is 6.07 Å². The van der Waals surface area contributed by atoms with E-state index in [0.29, 0.717) is 30.5 Å². The minimum Gasteiger partial charge on any atom is -0.493 e. The van der Waals surface area contributed by atoms with Crippen molar-refractivity contribution in [2.75, 3.05) is 25.8 Å². The highest BCUT2D eigenvalue weighted by molar-refractivity contribution is 7.99. The van der Waals surface area contributed by atoms with Gasteiger partial charge in [-0.3, -0.25) is 4.79 Å². The van der Waals surface area contributed by atoms with Crippen molar-refractivity contribution in [3.63, 3.8) is 0 Å². The molecule has 0 atom stereocenters. The molecule has 1 aromatic rings. The molecule has 0 aliphatic carbocycles. The van der Waals surface area contributed by atoms with Crippen LogP contribution in [0.25, 0.3) is 0 Å². The second-order valence-corrected chi connectivity index (χ2v) is 5.54. The third kappa shape index (κ3) is 3.90. The van der Waals surface area contributed by atoms with E-state index < -0.39 is 0 Å². The van der Waals surface area contributed by atoms with Crippen molar-refractivity contribution in [3.05, 3.63) is 17.7 Å². The second-order valence-electron chi connectivity index (χ2n) is 4.57. The summed E-state index contributed by atoms with van der Waals surface area (Å²) >= 11 is 1.61. The van der Waals surface area contributed by atoms with Crippen LogP contribution in [0.5, 0.6) is 11.5 Å². The zero-order valence-corrected chi connectivity index (χ0v) is 12.8. The van der Waals surface area contributed by atoms with E-state index in [1.165, 1.54) is 0 Å². The van der Waals surface area contributed by atoms with Gasteiger partial charge in [0.05, 0.1) is 17.1 Å². The number of ether oxygens (including phenoxy) is 3. The van der Waals surface area contributed by atoms with Gasteiger partial charge in [0, 0.05) is 19.6 Å². The third-order valence-electron chi connectivity index (χ3n) is 2.89. The quantitative estimate of drug-likeness (QED) is 0.542. The maximum absolute atomic E-state index is 11.7. The van der Waals surface area contributed by atoms with Gasteiger partial charge in [0.15, 0.2) is 5.78 Å². The minimum absolute atomic E-state index is 0.00877. The molecule has 0 saturated heterocycles. The molecule has 5 heteroatoms. The van der Waals surface area contributed by atoms with E-state index >= 15 is 0 Å². The summed E-state index contributed by atoms with van der Waals surface area (Å²) in [5.74, 6) is 2.01. The van der Waals surface area contributed by atoms with E-state index in [-0.39, 0.29) is 5.78 Å². The van der Waals surface area contributed by atoms with Crippen LogP contribution in [0.15, 0.2) is 17.0 Å². The molecule has 2 rings (SSSR count). The highest BCUT2D eigenvalue weighted by Crippen LogP contribution is 2.40. The van der Waals surface area contributed by atoms with Gasteiger partial charge >= 0.3 is 0 Å². The molecule has 0 amide bonds. The smallest absolute Gasteiger partial charge is 0.163 e. The Balaban J connectivity index is 1.94. The lowest BCUT2D eigenvalue weighted by Crippen LogP contribution is -2.06. The van der Waals surface area contributed by atoms with Crippen LogP contribution in [-0.2, 0) is 4.74 Å². The minimum atomic E-state index is -0.00877. The summed E-state index contributed by atoms with van der Waals surface area (Å²) in [5.41, 5.74) is 0.584. The van der Waals surface area contributed by atoms with Gasteiger partial charge in [-0.2, -0.15) is 0 Å². The van der Waals surface area contributed by atoms with Gasteiger partial charge in [-0.1, -0.05) is 18.7 Å². The standard InChI is InChI=1S/C15H20O4S/c1-3-5-17-6-4-7-18-13-9-15-14(19-10-20-15)8-12(13)11(2)16/h8-9H,3-7,10H2,1-2H3. The molecule has 1 aromatic carbocycles. The fourth-order valence-corrected chi connectivity index (χ4v) is 2.67. The highest BCUT2D eigenvalue weighted by Gasteiger charge is 2.19. The van der Waals surface area contributed by atoms with E-state index in [2.05, 4.69) is 6.92 Å². The Kier molecular flexibility index (Phi) is 5.73. The molecule has 0 aromatic heterocycles. The Morgan fingerprint density at radius 3 is 2.95 bits per heavy atom. The molecule has 0 bridgehead atoms. The molecular formula is C15H20O4S. The third-order valence-corrected chi connectivity index (χ3v) is 3.76. The van der Waals surface area contributed by atoms with Crippen molar-refractivity contribution in [2.24, 2.45) is 0 Å². The van der Waals surface area contributed by atoms with Crippen molar-refractivity contribution in [3.8, 4) is 11.5 Å². The maximum Gasteiger partial charge on any atom is 0.163 e. The lowest BCUT2D eigenvalue weighted by molar-refractivity contribution is 0.101. The molecule has 1 aliphatic heterocycles. The fourth-order valence-electron chi connectivity index (χ4n) is 1.91. The Hall–Kier alpha value is -1.20. The SMILES string of the molecule is CCCOCCCOc1cc2c(cc1C(C)=O)OCS2. The Labute approximate surface area is 123 Å². The number of carbonyl (C=O) groups excluding carboxylic acids is 1. The number of fused-ring (bicyclic) bond motifs is 1. The Bertz CT molecular complexity index is 473. The van der Waals surface area contributed by atoms with Crippen LogP contribution in [0.3, 0.4) is 0 Å². The van der Waals surface area contributed by atoms with Crippen LogP contribution in [0.4, 0.5) is 0 Å². The highest BCUT2D eigenvalue weighted by atomic mass is 32.2. The van der Waals surface area contributed by atoms with Gasteiger partial charge in [-0.25, -0.2) is 0 Å². The average Bonchev–Trinajstić information content (AvgIpc) is 2.88. The molecule has 1 heterocycles. The monoisotopic (exact) mass is 296 g/mol.